The van der Waals surface area contributed by atoms with E-state index in [4.69, 9.17) is 0 Å². The van der Waals surface area contributed by atoms with E-state index in [0.29, 0.717) is 11.8 Å². The van der Waals surface area contributed by atoms with Crippen LogP contribution in [0, 0.1) is 11.8 Å². The van der Waals surface area contributed by atoms with Crippen molar-refractivity contribution in [2.45, 2.75) is 18.7 Å². The summed E-state index contributed by atoms with van der Waals surface area (Å²) in [6.45, 7) is 5.77. The highest BCUT2D eigenvalue weighted by Crippen LogP contribution is 2.29. The molecule has 3 heteroatoms. The first kappa shape index (κ1) is 12.5. The smallest absolute Gasteiger partial charge is 0.219 e. The molecule has 2 nitrogen and oxygen atoms in total. The Kier molecular flexibility index (Phi) is 4.11. The lowest BCUT2D eigenvalue weighted by Crippen LogP contribution is -2.26. The third kappa shape index (κ3) is 3.25. The van der Waals surface area contributed by atoms with Gasteiger partial charge in [0.05, 0.1) is 0 Å². The summed E-state index contributed by atoms with van der Waals surface area (Å²) in [7, 11) is 0. The van der Waals surface area contributed by atoms with Gasteiger partial charge in [-0.05, 0) is 24.0 Å². The standard InChI is InChI=1S/C14H19NOS/c1-11-8-15(12(2)16)9-13(11)10-17-14-6-4-3-5-7-14/h3-7,11,13H,8-10H2,1-2H3. The van der Waals surface area contributed by atoms with Crippen LogP contribution in [-0.2, 0) is 4.79 Å². The Hall–Kier alpha value is -0.960. The number of amides is 1. The molecule has 0 spiro atoms. The minimum absolute atomic E-state index is 0.212. The average Bonchev–Trinajstić information content (AvgIpc) is 2.70. The zero-order valence-corrected chi connectivity index (χ0v) is 11.2. The molecule has 1 aliphatic heterocycles. The van der Waals surface area contributed by atoms with Crippen molar-refractivity contribution < 1.29 is 4.79 Å². The molecule has 1 saturated heterocycles. The van der Waals surface area contributed by atoms with E-state index in [9.17, 15) is 4.79 Å². The third-order valence-electron chi connectivity index (χ3n) is 3.42. The van der Waals surface area contributed by atoms with Crippen molar-refractivity contribution in [3.05, 3.63) is 30.3 Å². The number of nitrogens with zero attached hydrogens (tertiary/aromatic N) is 1. The molecule has 0 N–H and O–H groups in total. The molecule has 0 saturated carbocycles. The summed E-state index contributed by atoms with van der Waals surface area (Å²) in [6.07, 6.45) is 0. The Bertz CT molecular complexity index is 379. The van der Waals surface area contributed by atoms with E-state index >= 15 is 0 Å². The summed E-state index contributed by atoms with van der Waals surface area (Å²) in [6, 6.07) is 10.5. The summed E-state index contributed by atoms with van der Waals surface area (Å²) in [5.74, 6) is 2.57. The van der Waals surface area contributed by atoms with Gasteiger partial charge < -0.3 is 4.90 Å². The van der Waals surface area contributed by atoms with Gasteiger partial charge in [0.15, 0.2) is 0 Å². The van der Waals surface area contributed by atoms with Crippen molar-refractivity contribution in [1.82, 2.24) is 4.90 Å². The van der Waals surface area contributed by atoms with Gasteiger partial charge in [0, 0.05) is 30.7 Å². The van der Waals surface area contributed by atoms with Crippen molar-refractivity contribution in [1.29, 1.82) is 0 Å². The van der Waals surface area contributed by atoms with Gasteiger partial charge in [-0.3, -0.25) is 4.79 Å². The van der Waals surface area contributed by atoms with E-state index in [1.807, 2.05) is 22.7 Å². The molecule has 0 aromatic heterocycles. The van der Waals surface area contributed by atoms with Gasteiger partial charge >= 0.3 is 0 Å². The fourth-order valence-corrected chi connectivity index (χ4v) is 3.42. The van der Waals surface area contributed by atoms with Crippen LogP contribution in [0.4, 0.5) is 0 Å². The second-order valence-electron chi connectivity index (χ2n) is 4.79. The fourth-order valence-electron chi connectivity index (χ4n) is 2.23. The number of benzene rings is 1. The highest BCUT2D eigenvalue weighted by Gasteiger charge is 2.30. The highest BCUT2D eigenvalue weighted by molar-refractivity contribution is 7.99. The van der Waals surface area contributed by atoms with Gasteiger partial charge in [-0.15, -0.1) is 11.8 Å². The van der Waals surface area contributed by atoms with Crippen molar-refractivity contribution in [3.63, 3.8) is 0 Å². The van der Waals surface area contributed by atoms with E-state index < -0.39 is 0 Å². The minimum Gasteiger partial charge on any atom is -0.342 e. The van der Waals surface area contributed by atoms with Crippen molar-refractivity contribution in [2.75, 3.05) is 18.8 Å². The molecule has 2 unspecified atom stereocenters. The molecule has 0 aliphatic carbocycles. The van der Waals surface area contributed by atoms with Gasteiger partial charge in [0.1, 0.15) is 0 Å². The van der Waals surface area contributed by atoms with Crippen LogP contribution in [0.2, 0.25) is 0 Å². The summed E-state index contributed by atoms with van der Waals surface area (Å²) < 4.78 is 0. The summed E-state index contributed by atoms with van der Waals surface area (Å²) >= 11 is 1.90. The van der Waals surface area contributed by atoms with Crippen LogP contribution in [-0.4, -0.2) is 29.6 Å². The van der Waals surface area contributed by atoms with E-state index in [2.05, 4.69) is 31.2 Å². The van der Waals surface area contributed by atoms with Crippen LogP contribution in [0.1, 0.15) is 13.8 Å². The number of rotatable bonds is 3. The highest BCUT2D eigenvalue weighted by atomic mass is 32.2. The quantitative estimate of drug-likeness (QED) is 0.768. The Labute approximate surface area is 107 Å². The molecule has 17 heavy (non-hydrogen) atoms. The summed E-state index contributed by atoms with van der Waals surface area (Å²) in [4.78, 5) is 14.6. The Morgan fingerprint density at radius 2 is 2.06 bits per heavy atom. The Morgan fingerprint density at radius 3 is 2.65 bits per heavy atom. The largest absolute Gasteiger partial charge is 0.342 e. The lowest BCUT2D eigenvalue weighted by atomic mass is 10.0. The zero-order chi connectivity index (χ0) is 12.3. The predicted molar refractivity (Wildman–Crippen MR) is 72.1 cm³/mol. The van der Waals surface area contributed by atoms with Crippen LogP contribution in [0.3, 0.4) is 0 Å². The molecular formula is C14H19NOS. The second kappa shape index (κ2) is 5.58. The maximum atomic E-state index is 11.3. The van der Waals surface area contributed by atoms with Crippen molar-refractivity contribution >= 4 is 17.7 Å². The number of carbonyl (C=O) groups excluding carboxylic acids is 1. The molecular weight excluding hydrogens is 230 g/mol. The monoisotopic (exact) mass is 249 g/mol. The lowest BCUT2D eigenvalue weighted by molar-refractivity contribution is -0.128. The second-order valence-corrected chi connectivity index (χ2v) is 5.88. The summed E-state index contributed by atoms with van der Waals surface area (Å²) in [5, 5.41) is 0. The van der Waals surface area contributed by atoms with E-state index in [1.165, 1.54) is 4.90 Å². The van der Waals surface area contributed by atoms with Crippen LogP contribution >= 0.6 is 11.8 Å². The van der Waals surface area contributed by atoms with Gasteiger partial charge in [-0.1, -0.05) is 25.1 Å². The molecule has 1 fully saturated rings. The van der Waals surface area contributed by atoms with Crippen LogP contribution in [0.15, 0.2) is 35.2 Å². The van der Waals surface area contributed by atoms with E-state index in [0.717, 1.165) is 18.8 Å². The van der Waals surface area contributed by atoms with E-state index in [-0.39, 0.29) is 5.91 Å². The normalized spacial score (nSPS) is 24.0. The van der Waals surface area contributed by atoms with Gasteiger partial charge in [-0.2, -0.15) is 0 Å². The van der Waals surface area contributed by atoms with Gasteiger partial charge in [-0.25, -0.2) is 0 Å². The van der Waals surface area contributed by atoms with Crippen molar-refractivity contribution in [3.8, 4) is 0 Å². The number of likely N-dealkylation sites (tertiary alicyclic amines) is 1. The number of thioether (sulfide) groups is 1. The first-order chi connectivity index (χ1) is 8.16. The zero-order valence-electron chi connectivity index (χ0n) is 10.4. The van der Waals surface area contributed by atoms with Crippen LogP contribution in [0.5, 0.6) is 0 Å². The SMILES string of the molecule is CC(=O)N1CC(C)C(CSc2ccccc2)C1. The molecule has 1 amide bonds. The number of carbonyl (C=O) groups is 1. The average molecular weight is 249 g/mol. The fraction of sp³-hybridized carbons (Fsp3) is 0.500. The Morgan fingerprint density at radius 1 is 1.35 bits per heavy atom. The first-order valence-corrected chi connectivity index (χ1v) is 7.08. The van der Waals surface area contributed by atoms with Crippen LogP contribution in [0.25, 0.3) is 0 Å². The lowest BCUT2D eigenvalue weighted by Gasteiger charge is -2.14. The van der Waals surface area contributed by atoms with Crippen molar-refractivity contribution in [2.24, 2.45) is 11.8 Å². The molecule has 1 heterocycles. The molecule has 1 aromatic carbocycles. The third-order valence-corrected chi connectivity index (χ3v) is 4.62. The number of hydrogen-bond acceptors (Lipinski definition) is 2. The molecule has 1 aliphatic rings. The first-order valence-electron chi connectivity index (χ1n) is 6.10. The maximum absolute atomic E-state index is 11.3. The maximum Gasteiger partial charge on any atom is 0.219 e. The molecule has 0 radical (unpaired) electrons. The minimum atomic E-state index is 0.212. The van der Waals surface area contributed by atoms with Gasteiger partial charge in [0.2, 0.25) is 5.91 Å². The molecule has 2 atom stereocenters. The number of hydrogen-bond donors (Lipinski definition) is 0. The Balaban J connectivity index is 1.86. The molecule has 92 valence electrons. The summed E-state index contributed by atoms with van der Waals surface area (Å²) in [5.41, 5.74) is 0. The topological polar surface area (TPSA) is 20.3 Å². The molecule has 2 rings (SSSR count). The van der Waals surface area contributed by atoms with Crippen LogP contribution < -0.4 is 0 Å². The van der Waals surface area contributed by atoms with Gasteiger partial charge in [0.25, 0.3) is 0 Å². The predicted octanol–water partition coefficient (Wildman–Crippen LogP) is 2.89. The molecule has 1 aromatic rings. The molecule has 0 bridgehead atoms. The van der Waals surface area contributed by atoms with E-state index in [1.54, 1.807) is 6.92 Å².